The van der Waals surface area contributed by atoms with Crippen LogP contribution in [-0.4, -0.2) is 15.0 Å². The summed E-state index contributed by atoms with van der Waals surface area (Å²) in [5.74, 6) is 0.535. The predicted octanol–water partition coefficient (Wildman–Crippen LogP) is 1.70. The molecule has 2 heterocycles. The van der Waals surface area contributed by atoms with E-state index in [1.807, 2.05) is 26.0 Å². The first-order valence-electron chi connectivity index (χ1n) is 5.22. The molecule has 0 aromatic carbocycles. The van der Waals surface area contributed by atoms with E-state index in [2.05, 4.69) is 15.0 Å². The van der Waals surface area contributed by atoms with Crippen LogP contribution in [-0.2, 0) is 6.42 Å². The molecule has 0 aliphatic carbocycles. The quantitative estimate of drug-likeness (QED) is 0.829. The van der Waals surface area contributed by atoms with E-state index in [0.717, 1.165) is 17.7 Å². The topological polar surface area (TPSA) is 58.6 Å². The average Bonchev–Trinajstić information content (AvgIpc) is 2.28. The smallest absolute Gasteiger partial charge is 0.251 e. The second-order valence-electron chi connectivity index (χ2n) is 3.66. The molecule has 0 saturated carbocycles. The van der Waals surface area contributed by atoms with E-state index >= 15 is 0 Å². The molecule has 1 N–H and O–H groups in total. The van der Waals surface area contributed by atoms with Crippen molar-refractivity contribution in [2.75, 3.05) is 0 Å². The van der Waals surface area contributed by atoms with Crippen LogP contribution in [0.5, 0.6) is 0 Å². The van der Waals surface area contributed by atoms with E-state index < -0.39 is 0 Å². The summed E-state index contributed by atoms with van der Waals surface area (Å²) in [7, 11) is 0. The van der Waals surface area contributed by atoms with Crippen molar-refractivity contribution in [3.05, 3.63) is 46.0 Å². The van der Waals surface area contributed by atoms with Crippen LogP contribution in [0, 0.1) is 6.92 Å². The third kappa shape index (κ3) is 2.16. The Labute approximate surface area is 93.4 Å². The Kier molecular flexibility index (Phi) is 2.81. The van der Waals surface area contributed by atoms with Crippen molar-refractivity contribution in [1.29, 1.82) is 0 Å². The highest BCUT2D eigenvalue weighted by Gasteiger charge is 2.04. The Morgan fingerprint density at radius 2 is 2.19 bits per heavy atom. The van der Waals surface area contributed by atoms with E-state index in [1.165, 1.54) is 6.07 Å². The van der Waals surface area contributed by atoms with Crippen LogP contribution >= 0.6 is 0 Å². The van der Waals surface area contributed by atoms with Crippen LogP contribution < -0.4 is 5.56 Å². The minimum atomic E-state index is -0.134. The number of aromatic nitrogens is 3. The summed E-state index contributed by atoms with van der Waals surface area (Å²) in [4.78, 5) is 22.6. The van der Waals surface area contributed by atoms with Gasteiger partial charge in [-0.1, -0.05) is 6.92 Å². The fourth-order valence-electron chi connectivity index (χ4n) is 1.48. The van der Waals surface area contributed by atoms with Crippen LogP contribution in [0.2, 0.25) is 0 Å². The SMILES string of the molecule is CCc1cc(=O)[nH]c(-c2cc(C)ccn2)n1. The van der Waals surface area contributed by atoms with Gasteiger partial charge >= 0.3 is 0 Å². The molecule has 0 amide bonds. The van der Waals surface area contributed by atoms with Gasteiger partial charge in [-0.3, -0.25) is 9.78 Å². The molecule has 2 aromatic heterocycles. The summed E-state index contributed by atoms with van der Waals surface area (Å²) in [5, 5.41) is 0. The Balaban J connectivity index is 2.55. The standard InChI is InChI=1S/C12H13N3O/c1-3-9-7-11(16)15-12(14-9)10-6-8(2)4-5-13-10/h4-7H,3H2,1-2H3,(H,14,15,16). The Bertz CT molecular complexity index is 560. The lowest BCUT2D eigenvalue weighted by Crippen LogP contribution is -2.10. The van der Waals surface area contributed by atoms with Crippen molar-refractivity contribution >= 4 is 0 Å². The summed E-state index contributed by atoms with van der Waals surface area (Å²) in [5.41, 5.74) is 2.44. The van der Waals surface area contributed by atoms with E-state index in [0.29, 0.717) is 11.5 Å². The highest BCUT2D eigenvalue weighted by Crippen LogP contribution is 2.11. The van der Waals surface area contributed by atoms with Gasteiger partial charge in [0.15, 0.2) is 5.82 Å². The molecule has 2 rings (SSSR count). The zero-order valence-electron chi connectivity index (χ0n) is 9.32. The minimum absolute atomic E-state index is 0.134. The number of pyridine rings is 1. The molecule has 0 aliphatic rings. The van der Waals surface area contributed by atoms with Gasteiger partial charge in [-0.25, -0.2) is 4.98 Å². The second-order valence-corrected chi connectivity index (χ2v) is 3.66. The van der Waals surface area contributed by atoms with Crippen molar-refractivity contribution in [1.82, 2.24) is 15.0 Å². The molecular formula is C12H13N3O. The lowest BCUT2D eigenvalue weighted by Gasteiger charge is -2.02. The normalized spacial score (nSPS) is 10.4. The molecule has 0 saturated heterocycles. The largest absolute Gasteiger partial charge is 0.305 e. The Hall–Kier alpha value is -1.97. The Morgan fingerprint density at radius 1 is 1.38 bits per heavy atom. The van der Waals surface area contributed by atoms with Gasteiger partial charge < -0.3 is 4.98 Å². The highest BCUT2D eigenvalue weighted by molar-refractivity contribution is 5.49. The fourth-order valence-corrected chi connectivity index (χ4v) is 1.48. The van der Waals surface area contributed by atoms with E-state index in [4.69, 9.17) is 0 Å². The molecule has 0 bridgehead atoms. The van der Waals surface area contributed by atoms with Gasteiger partial charge in [-0.15, -0.1) is 0 Å². The molecule has 16 heavy (non-hydrogen) atoms. The number of aromatic amines is 1. The van der Waals surface area contributed by atoms with Gasteiger partial charge in [-0.05, 0) is 31.0 Å². The summed E-state index contributed by atoms with van der Waals surface area (Å²) >= 11 is 0. The first-order valence-corrected chi connectivity index (χ1v) is 5.22. The molecule has 4 nitrogen and oxygen atoms in total. The number of hydrogen-bond donors (Lipinski definition) is 1. The van der Waals surface area contributed by atoms with Gasteiger partial charge in [0, 0.05) is 18.0 Å². The minimum Gasteiger partial charge on any atom is -0.305 e. The van der Waals surface area contributed by atoms with Crippen molar-refractivity contribution in [2.24, 2.45) is 0 Å². The molecular weight excluding hydrogens is 202 g/mol. The predicted molar refractivity (Wildman–Crippen MR) is 62.2 cm³/mol. The summed E-state index contributed by atoms with van der Waals surface area (Å²) in [6.07, 6.45) is 2.45. The molecule has 0 spiro atoms. The van der Waals surface area contributed by atoms with Gasteiger partial charge in [0.1, 0.15) is 5.69 Å². The number of aryl methyl sites for hydroxylation is 2. The molecule has 0 fully saturated rings. The highest BCUT2D eigenvalue weighted by atomic mass is 16.1. The zero-order chi connectivity index (χ0) is 11.5. The Morgan fingerprint density at radius 3 is 2.88 bits per heavy atom. The van der Waals surface area contributed by atoms with E-state index in [-0.39, 0.29) is 5.56 Å². The average molecular weight is 215 g/mol. The summed E-state index contributed by atoms with van der Waals surface area (Å²) in [6, 6.07) is 5.32. The first-order chi connectivity index (χ1) is 7.69. The number of nitrogens with zero attached hydrogens (tertiary/aromatic N) is 2. The maximum atomic E-state index is 11.4. The summed E-state index contributed by atoms with van der Waals surface area (Å²) in [6.45, 7) is 3.95. The molecule has 82 valence electrons. The number of H-pyrrole nitrogens is 1. The first kappa shape index (κ1) is 10.5. The molecule has 0 aliphatic heterocycles. The fraction of sp³-hybridized carbons (Fsp3) is 0.250. The van der Waals surface area contributed by atoms with Crippen LogP contribution in [0.1, 0.15) is 18.2 Å². The maximum Gasteiger partial charge on any atom is 0.251 e. The lowest BCUT2D eigenvalue weighted by molar-refractivity contribution is 0.979. The molecule has 0 unspecified atom stereocenters. The van der Waals surface area contributed by atoms with Crippen LogP contribution in [0.4, 0.5) is 0 Å². The van der Waals surface area contributed by atoms with Gasteiger partial charge in [0.05, 0.1) is 0 Å². The van der Waals surface area contributed by atoms with Crippen molar-refractivity contribution in [2.45, 2.75) is 20.3 Å². The van der Waals surface area contributed by atoms with E-state index in [1.54, 1.807) is 6.20 Å². The molecule has 4 heteroatoms. The molecule has 0 radical (unpaired) electrons. The maximum absolute atomic E-state index is 11.4. The summed E-state index contributed by atoms with van der Waals surface area (Å²) < 4.78 is 0. The third-order valence-electron chi connectivity index (χ3n) is 2.32. The number of rotatable bonds is 2. The van der Waals surface area contributed by atoms with Crippen LogP contribution in [0.15, 0.2) is 29.2 Å². The van der Waals surface area contributed by atoms with E-state index in [9.17, 15) is 4.79 Å². The number of nitrogens with one attached hydrogen (secondary N) is 1. The molecule has 0 atom stereocenters. The second kappa shape index (κ2) is 4.26. The monoisotopic (exact) mass is 215 g/mol. The lowest BCUT2D eigenvalue weighted by atomic mass is 10.2. The van der Waals surface area contributed by atoms with Crippen LogP contribution in [0.3, 0.4) is 0 Å². The van der Waals surface area contributed by atoms with Crippen LogP contribution in [0.25, 0.3) is 11.5 Å². The third-order valence-corrected chi connectivity index (χ3v) is 2.32. The number of hydrogen-bond acceptors (Lipinski definition) is 3. The van der Waals surface area contributed by atoms with Crippen molar-refractivity contribution in [3.8, 4) is 11.5 Å². The zero-order valence-corrected chi connectivity index (χ0v) is 9.32. The molecule has 2 aromatic rings. The van der Waals surface area contributed by atoms with Crippen molar-refractivity contribution < 1.29 is 0 Å². The van der Waals surface area contributed by atoms with Gasteiger partial charge in [0.2, 0.25) is 0 Å². The van der Waals surface area contributed by atoms with Gasteiger partial charge in [0.25, 0.3) is 5.56 Å². The van der Waals surface area contributed by atoms with Crippen molar-refractivity contribution in [3.63, 3.8) is 0 Å². The van der Waals surface area contributed by atoms with Gasteiger partial charge in [-0.2, -0.15) is 0 Å².